The minimum Gasteiger partial charge on any atom is -0.497 e. The summed E-state index contributed by atoms with van der Waals surface area (Å²) in [6, 6.07) is 7.30. The van der Waals surface area contributed by atoms with Crippen LogP contribution >= 0.6 is 11.8 Å². The molecule has 2 heterocycles. The van der Waals surface area contributed by atoms with E-state index in [0.29, 0.717) is 31.0 Å². The van der Waals surface area contributed by atoms with Gasteiger partial charge in [-0.05, 0) is 79.9 Å². The minimum absolute atomic E-state index is 0.135. The Hall–Kier alpha value is -2.33. The molecule has 0 radical (unpaired) electrons. The summed E-state index contributed by atoms with van der Waals surface area (Å²) in [5.74, 6) is -1.34. The Labute approximate surface area is 220 Å². The van der Waals surface area contributed by atoms with Gasteiger partial charge in [-0.2, -0.15) is 0 Å². The lowest BCUT2D eigenvalue weighted by Crippen LogP contribution is -2.42. The minimum atomic E-state index is -0.910. The van der Waals surface area contributed by atoms with Crippen LogP contribution in [0.2, 0.25) is 0 Å². The highest BCUT2D eigenvalue weighted by Crippen LogP contribution is 2.37. The number of aryl methyl sites for hydroxylation is 1. The van der Waals surface area contributed by atoms with Crippen molar-refractivity contribution in [2.75, 3.05) is 39.1 Å². The van der Waals surface area contributed by atoms with Gasteiger partial charge in [0.2, 0.25) is 0 Å². The zero-order chi connectivity index (χ0) is 26.4. The Bertz CT molecular complexity index is 1190. The molecule has 2 aromatic carbocycles. The number of pyridine rings is 1. The number of nitrogens with two attached hydrogens (primary N) is 1. The highest BCUT2D eigenvalue weighted by Gasteiger charge is 2.33. The third-order valence-electron chi connectivity index (χ3n) is 7.50. The first-order valence-electron chi connectivity index (χ1n) is 12.6. The number of rotatable bonds is 11. The van der Waals surface area contributed by atoms with Gasteiger partial charge in [0, 0.05) is 49.2 Å². The number of aliphatic hydroxyl groups excluding tert-OH is 1. The van der Waals surface area contributed by atoms with Crippen LogP contribution in [0.3, 0.4) is 0 Å². The van der Waals surface area contributed by atoms with E-state index in [2.05, 4.69) is 9.88 Å². The van der Waals surface area contributed by atoms with Gasteiger partial charge in [-0.3, -0.25) is 4.98 Å². The number of fused-ring (bicyclic) bond motifs is 1. The summed E-state index contributed by atoms with van der Waals surface area (Å²) in [5.41, 5.74) is 9.01. The fraction of sp³-hybridized carbons (Fsp3) is 0.464. The summed E-state index contributed by atoms with van der Waals surface area (Å²) < 4.78 is 46.3. The number of piperidine rings is 1. The van der Waals surface area contributed by atoms with Gasteiger partial charge in [-0.1, -0.05) is 0 Å². The van der Waals surface area contributed by atoms with Crippen LogP contribution in [-0.4, -0.2) is 54.1 Å². The standard InChI is InChI=1S/C28H34F3N3O2S/c1-36-21-4-5-26-23(15-21)22(19(16-32)17-33-26)3-2-6-28(18-35)7-9-34(10-8-28)11-12-37-27-24(30)13-20(29)14-25(27)31/h4-5,13-15,17,35H,2-3,6-12,16,18,32H2,1H3. The van der Waals surface area contributed by atoms with Gasteiger partial charge in [0.1, 0.15) is 23.2 Å². The maximum Gasteiger partial charge on any atom is 0.142 e. The van der Waals surface area contributed by atoms with E-state index in [-0.39, 0.29) is 16.9 Å². The molecular weight excluding hydrogens is 499 g/mol. The molecule has 1 aliphatic heterocycles. The van der Waals surface area contributed by atoms with E-state index in [1.54, 1.807) is 7.11 Å². The number of aromatic nitrogens is 1. The number of thioether (sulfide) groups is 1. The number of benzene rings is 2. The average Bonchev–Trinajstić information content (AvgIpc) is 2.90. The Kier molecular flexibility index (Phi) is 9.34. The molecule has 0 spiro atoms. The van der Waals surface area contributed by atoms with Crippen molar-refractivity contribution in [1.82, 2.24) is 9.88 Å². The van der Waals surface area contributed by atoms with Crippen LogP contribution < -0.4 is 10.5 Å². The number of aliphatic hydroxyl groups is 1. The van der Waals surface area contributed by atoms with Crippen molar-refractivity contribution in [1.29, 1.82) is 0 Å². The summed E-state index contributed by atoms with van der Waals surface area (Å²) in [7, 11) is 1.65. The summed E-state index contributed by atoms with van der Waals surface area (Å²) >= 11 is 1.07. The predicted octanol–water partition coefficient (Wildman–Crippen LogP) is 5.31. The molecule has 4 rings (SSSR count). The molecule has 0 saturated carbocycles. The molecule has 200 valence electrons. The molecule has 3 N–H and O–H groups in total. The first kappa shape index (κ1) is 27.7. The predicted molar refractivity (Wildman–Crippen MR) is 141 cm³/mol. The summed E-state index contributed by atoms with van der Waals surface area (Å²) in [4.78, 5) is 6.66. The van der Waals surface area contributed by atoms with Crippen molar-refractivity contribution in [3.63, 3.8) is 0 Å². The molecular formula is C28H34F3N3O2S. The summed E-state index contributed by atoms with van der Waals surface area (Å²) in [5, 5.41) is 11.3. The second-order valence-corrected chi connectivity index (χ2v) is 10.9. The van der Waals surface area contributed by atoms with Crippen LogP contribution in [0.15, 0.2) is 41.4 Å². The van der Waals surface area contributed by atoms with Gasteiger partial charge < -0.3 is 20.5 Å². The van der Waals surface area contributed by atoms with Crippen LogP contribution in [0.4, 0.5) is 13.2 Å². The Balaban J connectivity index is 1.32. The molecule has 3 aromatic rings. The van der Waals surface area contributed by atoms with Gasteiger partial charge in [0.05, 0.1) is 17.5 Å². The van der Waals surface area contributed by atoms with E-state index in [1.807, 2.05) is 24.4 Å². The fourth-order valence-corrected chi connectivity index (χ4v) is 6.14. The number of hydrogen-bond donors (Lipinski definition) is 2. The average molecular weight is 534 g/mol. The first-order valence-corrected chi connectivity index (χ1v) is 13.6. The van der Waals surface area contributed by atoms with Crippen LogP contribution in [0.5, 0.6) is 5.75 Å². The van der Waals surface area contributed by atoms with Crippen LogP contribution in [0.1, 0.15) is 36.8 Å². The van der Waals surface area contributed by atoms with Crippen molar-refractivity contribution in [2.45, 2.75) is 43.5 Å². The van der Waals surface area contributed by atoms with E-state index >= 15 is 0 Å². The van der Waals surface area contributed by atoms with Gasteiger partial charge in [0.25, 0.3) is 0 Å². The fourth-order valence-electron chi connectivity index (χ4n) is 5.19. The Morgan fingerprint density at radius 3 is 2.51 bits per heavy atom. The second-order valence-electron chi connectivity index (χ2n) is 9.75. The van der Waals surface area contributed by atoms with Crippen molar-refractivity contribution >= 4 is 22.7 Å². The van der Waals surface area contributed by atoms with Crippen LogP contribution in [0.25, 0.3) is 10.9 Å². The lowest BCUT2D eigenvalue weighted by atomic mass is 9.75. The van der Waals surface area contributed by atoms with E-state index in [9.17, 15) is 18.3 Å². The van der Waals surface area contributed by atoms with Crippen LogP contribution in [0, 0.1) is 22.9 Å². The molecule has 37 heavy (non-hydrogen) atoms. The quantitative estimate of drug-likeness (QED) is 0.326. The lowest BCUT2D eigenvalue weighted by molar-refractivity contribution is 0.0378. The van der Waals surface area contributed by atoms with Crippen molar-refractivity contribution in [3.05, 3.63) is 65.1 Å². The monoisotopic (exact) mass is 533 g/mol. The van der Waals surface area contributed by atoms with Gasteiger partial charge in [-0.15, -0.1) is 11.8 Å². The third kappa shape index (κ3) is 6.57. The van der Waals surface area contributed by atoms with E-state index in [1.165, 1.54) is 5.56 Å². The lowest BCUT2D eigenvalue weighted by Gasteiger charge is -2.41. The first-order chi connectivity index (χ1) is 17.9. The largest absolute Gasteiger partial charge is 0.497 e. The number of halogens is 3. The number of nitrogens with zero attached hydrogens (tertiary/aromatic N) is 2. The molecule has 5 nitrogen and oxygen atoms in total. The van der Waals surface area contributed by atoms with Crippen LogP contribution in [-0.2, 0) is 13.0 Å². The molecule has 1 fully saturated rings. The third-order valence-corrected chi connectivity index (χ3v) is 8.56. The SMILES string of the molecule is COc1ccc2ncc(CN)c(CCCC3(CO)CCN(CCSc4c(F)cc(F)cc4F)CC3)c2c1. The molecule has 0 unspecified atom stereocenters. The van der Waals surface area contributed by atoms with E-state index in [4.69, 9.17) is 10.5 Å². The maximum atomic E-state index is 13.9. The molecule has 1 saturated heterocycles. The molecule has 1 aromatic heterocycles. The zero-order valence-electron chi connectivity index (χ0n) is 21.1. The van der Waals surface area contributed by atoms with Crippen molar-refractivity contribution in [3.8, 4) is 5.75 Å². The Morgan fingerprint density at radius 2 is 1.86 bits per heavy atom. The number of hydrogen-bond acceptors (Lipinski definition) is 6. The summed E-state index contributed by atoms with van der Waals surface area (Å²) in [6.07, 6.45) is 6.24. The molecule has 0 aliphatic carbocycles. The van der Waals surface area contributed by atoms with E-state index in [0.717, 1.165) is 79.2 Å². The van der Waals surface area contributed by atoms with Gasteiger partial charge in [-0.25, -0.2) is 13.2 Å². The Morgan fingerprint density at radius 1 is 1.14 bits per heavy atom. The van der Waals surface area contributed by atoms with Crippen molar-refractivity contribution < 1.29 is 23.0 Å². The number of ether oxygens (including phenoxy) is 1. The number of likely N-dealkylation sites (tertiary alicyclic amines) is 1. The summed E-state index contributed by atoms with van der Waals surface area (Å²) in [6.45, 7) is 2.86. The normalized spacial score (nSPS) is 15.8. The van der Waals surface area contributed by atoms with Gasteiger partial charge in [0.15, 0.2) is 0 Å². The molecule has 9 heteroatoms. The molecule has 1 aliphatic rings. The maximum absolute atomic E-state index is 13.9. The zero-order valence-corrected chi connectivity index (χ0v) is 21.9. The van der Waals surface area contributed by atoms with Crippen molar-refractivity contribution in [2.24, 2.45) is 11.1 Å². The highest BCUT2D eigenvalue weighted by molar-refractivity contribution is 7.99. The number of methoxy groups -OCH3 is 1. The smallest absolute Gasteiger partial charge is 0.142 e. The second kappa shape index (κ2) is 12.5. The molecule has 0 amide bonds. The van der Waals surface area contributed by atoms with Gasteiger partial charge >= 0.3 is 0 Å². The molecule has 0 atom stereocenters. The molecule has 0 bridgehead atoms. The topological polar surface area (TPSA) is 71.6 Å². The highest BCUT2D eigenvalue weighted by atomic mass is 32.2. The van der Waals surface area contributed by atoms with E-state index < -0.39 is 17.5 Å².